The van der Waals surface area contributed by atoms with Crippen LogP contribution in [0.4, 0.5) is 0 Å². The first-order valence-electron chi connectivity index (χ1n) is 8.15. The van der Waals surface area contributed by atoms with Crippen molar-refractivity contribution in [2.24, 2.45) is 7.05 Å². The van der Waals surface area contributed by atoms with Crippen LogP contribution in [0.2, 0.25) is 0 Å². The Hall–Kier alpha value is -2.83. The Morgan fingerprint density at radius 1 is 1.28 bits per heavy atom. The molecule has 0 aliphatic rings. The molecule has 1 aromatic heterocycles. The van der Waals surface area contributed by atoms with Gasteiger partial charge in [-0.05, 0) is 18.4 Å². The van der Waals surface area contributed by atoms with Crippen molar-refractivity contribution in [3.63, 3.8) is 0 Å². The van der Waals surface area contributed by atoms with E-state index in [-0.39, 0.29) is 24.2 Å². The van der Waals surface area contributed by atoms with Gasteiger partial charge in [0.25, 0.3) is 5.91 Å². The Morgan fingerprint density at radius 3 is 2.68 bits per heavy atom. The molecule has 0 saturated carbocycles. The number of hydrogen-bond donors (Lipinski definition) is 1. The number of carbonyl (C=O) groups excluding carboxylic acids is 2. The van der Waals surface area contributed by atoms with Gasteiger partial charge in [-0.3, -0.25) is 14.3 Å². The van der Waals surface area contributed by atoms with Crippen molar-refractivity contribution < 1.29 is 14.3 Å². The number of nitrogens with one attached hydrogen (secondary N) is 1. The molecule has 2 aromatic rings. The highest BCUT2D eigenvalue weighted by Gasteiger charge is 2.21. The van der Waals surface area contributed by atoms with E-state index in [9.17, 15) is 9.59 Å². The summed E-state index contributed by atoms with van der Waals surface area (Å²) in [6, 6.07) is 10.1. The lowest BCUT2D eigenvalue weighted by Crippen LogP contribution is -2.38. The number of amides is 2. The quantitative estimate of drug-likeness (QED) is 0.731. The topological polar surface area (TPSA) is 76.5 Å². The molecule has 1 aromatic carbocycles. The molecule has 0 radical (unpaired) electrons. The molecular weight excluding hydrogens is 320 g/mol. The molecular formula is C18H24N4O3. The number of rotatable bonds is 8. The minimum absolute atomic E-state index is 0.0117. The summed E-state index contributed by atoms with van der Waals surface area (Å²) in [5, 5.41) is 6.89. The van der Waals surface area contributed by atoms with E-state index in [4.69, 9.17) is 4.74 Å². The first kappa shape index (κ1) is 18.5. The predicted octanol–water partition coefficient (Wildman–Crippen LogP) is 1.25. The molecule has 1 heterocycles. The fourth-order valence-corrected chi connectivity index (χ4v) is 2.48. The summed E-state index contributed by atoms with van der Waals surface area (Å²) in [4.78, 5) is 25.8. The third-order valence-corrected chi connectivity index (χ3v) is 3.75. The van der Waals surface area contributed by atoms with Gasteiger partial charge in [0.1, 0.15) is 5.56 Å². The normalized spacial score (nSPS) is 10.4. The average Bonchev–Trinajstić information content (AvgIpc) is 2.99. The number of hydrogen-bond acceptors (Lipinski definition) is 4. The Morgan fingerprint density at radius 2 is 2.00 bits per heavy atom. The monoisotopic (exact) mass is 344 g/mol. The van der Waals surface area contributed by atoms with Gasteiger partial charge in [-0.15, -0.1) is 5.10 Å². The highest BCUT2D eigenvalue weighted by molar-refractivity contribution is 5.98. The van der Waals surface area contributed by atoms with Gasteiger partial charge in [0, 0.05) is 26.8 Å². The molecule has 0 bridgehead atoms. The summed E-state index contributed by atoms with van der Waals surface area (Å²) in [5.74, 6) is -0.237. The Balaban J connectivity index is 1.76. The summed E-state index contributed by atoms with van der Waals surface area (Å²) in [7, 11) is 4.75. The lowest BCUT2D eigenvalue weighted by atomic mass is 10.1. The van der Waals surface area contributed by atoms with Crippen LogP contribution < -0.4 is 10.1 Å². The van der Waals surface area contributed by atoms with E-state index in [1.54, 1.807) is 20.3 Å². The first-order chi connectivity index (χ1) is 12.0. The summed E-state index contributed by atoms with van der Waals surface area (Å²) in [5.41, 5.74) is 1.58. The largest absolute Gasteiger partial charge is 0.479 e. The molecule has 0 unspecified atom stereocenters. The van der Waals surface area contributed by atoms with Crippen molar-refractivity contribution in [1.29, 1.82) is 0 Å². The van der Waals surface area contributed by atoms with Crippen LogP contribution in [0.15, 0.2) is 36.5 Å². The van der Waals surface area contributed by atoms with E-state index < -0.39 is 0 Å². The van der Waals surface area contributed by atoms with Crippen LogP contribution in [-0.4, -0.2) is 53.7 Å². The second-order valence-electron chi connectivity index (χ2n) is 5.83. The molecule has 0 aliphatic heterocycles. The number of carbonyl (C=O) groups is 2. The van der Waals surface area contributed by atoms with E-state index in [1.807, 2.05) is 18.2 Å². The maximum Gasteiger partial charge on any atom is 0.261 e. The number of aromatic nitrogens is 2. The highest BCUT2D eigenvalue weighted by Crippen LogP contribution is 2.16. The SMILES string of the molecule is COc1nn(C)cc1C(=O)N(C)CC(=O)NCCCc1ccccc1. The van der Waals surface area contributed by atoms with E-state index in [1.165, 1.54) is 22.3 Å². The molecule has 0 fully saturated rings. The van der Waals surface area contributed by atoms with Crippen LogP contribution in [-0.2, 0) is 18.3 Å². The van der Waals surface area contributed by atoms with Gasteiger partial charge in [0.05, 0.1) is 13.7 Å². The molecule has 0 atom stereocenters. The Kier molecular flexibility index (Phi) is 6.56. The lowest BCUT2D eigenvalue weighted by Gasteiger charge is -2.16. The minimum Gasteiger partial charge on any atom is -0.479 e. The third kappa shape index (κ3) is 5.34. The van der Waals surface area contributed by atoms with Crippen LogP contribution in [0.1, 0.15) is 22.3 Å². The van der Waals surface area contributed by atoms with Crippen LogP contribution >= 0.6 is 0 Å². The number of likely N-dealkylation sites (N-methyl/N-ethyl adjacent to an activating group) is 1. The lowest BCUT2D eigenvalue weighted by molar-refractivity contribution is -0.121. The fraction of sp³-hybridized carbons (Fsp3) is 0.389. The molecule has 0 saturated heterocycles. The molecule has 134 valence electrons. The zero-order valence-corrected chi connectivity index (χ0v) is 14.9. The van der Waals surface area contributed by atoms with Gasteiger partial charge < -0.3 is 15.0 Å². The number of methoxy groups -OCH3 is 1. The summed E-state index contributed by atoms with van der Waals surface area (Å²) in [6.45, 7) is 0.564. The van der Waals surface area contributed by atoms with Crippen molar-refractivity contribution >= 4 is 11.8 Å². The van der Waals surface area contributed by atoms with E-state index in [0.717, 1.165) is 12.8 Å². The molecule has 0 aliphatic carbocycles. The maximum atomic E-state index is 12.4. The molecule has 25 heavy (non-hydrogen) atoms. The van der Waals surface area contributed by atoms with Crippen molar-refractivity contribution in [3.05, 3.63) is 47.7 Å². The summed E-state index contributed by atoms with van der Waals surface area (Å²) < 4.78 is 6.59. The zero-order valence-electron chi connectivity index (χ0n) is 14.9. The molecule has 1 N–H and O–H groups in total. The minimum atomic E-state index is -0.301. The van der Waals surface area contributed by atoms with Crippen molar-refractivity contribution in [3.8, 4) is 5.88 Å². The second kappa shape index (κ2) is 8.86. The number of benzene rings is 1. The predicted molar refractivity (Wildman–Crippen MR) is 94.5 cm³/mol. The van der Waals surface area contributed by atoms with Gasteiger partial charge in [-0.1, -0.05) is 30.3 Å². The van der Waals surface area contributed by atoms with E-state index in [0.29, 0.717) is 12.1 Å². The number of ether oxygens (including phenoxy) is 1. The molecule has 0 spiro atoms. The van der Waals surface area contributed by atoms with Crippen molar-refractivity contribution in [1.82, 2.24) is 20.0 Å². The van der Waals surface area contributed by atoms with Gasteiger partial charge in [0.2, 0.25) is 11.8 Å². The maximum absolute atomic E-state index is 12.4. The van der Waals surface area contributed by atoms with Crippen LogP contribution in [0.5, 0.6) is 5.88 Å². The molecule has 2 amide bonds. The van der Waals surface area contributed by atoms with Gasteiger partial charge in [-0.2, -0.15) is 0 Å². The highest BCUT2D eigenvalue weighted by atomic mass is 16.5. The fourth-order valence-electron chi connectivity index (χ4n) is 2.48. The van der Waals surface area contributed by atoms with Gasteiger partial charge >= 0.3 is 0 Å². The van der Waals surface area contributed by atoms with Gasteiger partial charge in [0.15, 0.2) is 0 Å². The van der Waals surface area contributed by atoms with Crippen molar-refractivity contribution in [2.75, 3.05) is 27.2 Å². The molecule has 7 nitrogen and oxygen atoms in total. The molecule has 2 rings (SSSR count). The second-order valence-corrected chi connectivity index (χ2v) is 5.83. The van der Waals surface area contributed by atoms with Crippen LogP contribution in [0, 0.1) is 0 Å². The number of aryl methyl sites for hydroxylation is 2. The summed E-state index contributed by atoms with van der Waals surface area (Å²) >= 11 is 0. The Bertz CT molecular complexity index is 712. The van der Waals surface area contributed by atoms with Crippen LogP contribution in [0.3, 0.4) is 0 Å². The average molecular weight is 344 g/mol. The summed E-state index contributed by atoms with van der Waals surface area (Å²) in [6.07, 6.45) is 3.34. The smallest absolute Gasteiger partial charge is 0.261 e. The molecule has 7 heteroatoms. The standard InChI is InChI=1S/C18H24N4O3/c1-21(18(24)15-12-22(2)20-17(15)25-3)13-16(23)19-11-7-10-14-8-5-4-6-9-14/h4-6,8-9,12H,7,10-11,13H2,1-3H3,(H,19,23). The van der Waals surface area contributed by atoms with Crippen LogP contribution in [0.25, 0.3) is 0 Å². The third-order valence-electron chi connectivity index (χ3n) is 3.75. The van der Waals surface area contributed by atoms with Crippen molar-refractivity contribution in [2.45, 2.75) is 12.8 Å². The zero-order chi connectivity index (χ0) is 18.2. The Labute approximate surface area is 147 Å². The first-order valence-corrected chi connectivity index (χ1v) is 8.15. The number of nitrogens with zero attached hydrogens (tertiary/aromatic N) is 3. The van der Waals surface area contributed by atoms with Gasteiger partial charge in [-0.25, -0.2) is 0 Å². The van der Waals surface area contributed by atoms with E-state index >= 15 is 0 Å². The van der Waals surface area contributed by atoms with E-state index in [2.05, 4.69) is 22.5 Å².